The van der Waals surface area contributed by atoms with Gasteiger partial charge in [-0.2, -0.15) is 0 Å². The van der Waals surface area contributed by atoms with E-state index in [-0.39, 0.29) is 30.2 Å². The highest BCUT2D eigenvalue weighted by atomic mass is 19.1. The van der Waals surface area contributed by atoms with Gasteiger partial charge in [0.05, 0.1) is 6.54 Å². The monoisotopic (exact) mass is 373 g/mol. The van der Waals surface area contributed by atoms with Crippen LogP contribution in [0.3, 0.4) is 0 Å². The molecule has 1 fully saturated rings. The smallest absolute Gasteiger partial charge is 0.287 e. The van der Waals surface area contributed by atoms with Crippen molar-refractivity contribution in [2.45, 2.75) is 32.7 Å². The van der Waals surface area contributed by atoms with Crippen LogP contribution in [0.25, 0.3) is 0 Å². The van der Waals surface area contributed by atoms with Crippen molar-refractivity contribution in [1.29, 1.82) is 0 Å². The third-order valence-corrected chi connectivity index (χ3v) is 4.71. The predicted molar refractivity (Wildman–Crippen MR) is 100 cm³/mol. The number of likely N-dealkylation sites (tertiary alicyclic amines) is 1. The van der Waals surface area contributed by atoms with E-state index in [4.69, 9.17) is 4.42 Å². The summed E-state index contributed by atoms with van der Waals surface area (Å²) in [6.07, 6.45) is 1.52. The van der Waals surface area contributed by atoms with E-state index >= 15 is 0 Å². The number of aryl methyl sites for hydroxylation is 2. The van der Waals surface area contributed by atoms with Crippen molar-refractivity contribution < 1.29 is 18.4 Å². The van der Waals surface area contributed by atoms with Gasteiger partial charge in [0.2, 0.25) is 5.91 Å². The number of piperidine rings is 1. The second kappa shape index (κ2) is 8.35. The van der Waals surface area contributed by atoms with E-state index in [0.717, 1.165) is 12.8 Å². The number of benzene rings is 1. The van der Waals surface area contributed by atoms with Crippen molar-refractivity contribution >= 4 is 17.5 Å². The molecule has 2 heterocycles. The van der Waals surface area contributed by atoms with Gasteiger partial charge >= 0.3 is 0 Å². The molecule has 0 spiro atoms. The van der Waals surface area contributed by atoms with Crippen LogP contribution in [0.2, 0.25) is 0 Å². The molecule has 1 saturated heterocycles. The van der Waals surface area contributed by atoms with E-state index < -0.39 is 0 Å². The standard InChI is InChI=1S/C20H24FN3O3/c1-13-3-5-16(11-17(13)21)22-19(25)12-24-9-7-15(8-10-24)23-20(26)18-6-4-14(2)27-18/h3-6,11,15H,7-10,12H2,1-2H3,(H,22,25)(H,23,26). The van der Waals surface area contributed by atoms with Crippen LogP contribution >= 0.6 is 0 Å². The molecule has 2 aromatic rings. The van der Waals surface area contributed by atoms with Crippen LogP contribution in [-0.4, -0.2) is 42.4 Å². The van der Waals surface area contributed by atoms with Crippen molar-refractivity contribution in [3.63, 3.8) is 0 Å². The molecule has 0 aliphatic carbocycles. The van der Waals surface area contributed by atoms with Crippen molar-refractivity contribution in [2.24, 2.45) is 0 Å². The first-order chi connectivity index (χ1) is 12.9. The molecule has 6 nitrogen and oxygen atoms in total. The summed E-state index contributed by atoms with van der Waals surface area (Å²) in [6.45, 7) is 5.13. The van der Waals surface area contributed by atoms with Crippen LogP contribution in [-0.2, 0) is 4.79 Å². The van der Waals surface area contributed by atoms with Crippen LogP contribution in [0, 0.1) is 19.7 Å². The molecule has 27 heavy (non-hydrogen) atoms. The average molecular weight is 373 g/mol. The third kappa shape index (κ3) is 5.17. The van der Waals surface area contributed by atoms with Gasteiger partial charge in [-0.15, -0.1) is 0 Å². The number of nitrogens with zero attached hydrogens (tertiary/aromatic N) is 1. The van der Waals surface area contributed by atoms with E-state index in [1.54, 1.807) is 38.1 Å². The molecule has 2 N–H and O–H groups in total. The van der Waals surface area contributed by atoms with E-state index in [9.17, 15) is 14.0 Å². The molecule has 1 aromatic carbocycles. The molecule has 0 saturated carbocycles. The molecule has 0 radical (unpaired) electrons. The lowest BCUT2D eigenvalue weighted by Crippen LogP contribution is -2.46. The minimum atomic E-state index is -0.337. The Bertz CT molecular complexity index is 826. The molecular weight excluding hydrogens is 349 g/mol. The van der Waals surface area contributed by atoms with Crippen LogP contribution in [0.15, 0.2) is 34.7 Å². The maximum absolute atomic E-state index is 13.6. The van der Waals surface area contributed by atoms with Crippen molar-refractivity contribution in [3.05, 3.63) is 53.2 Å². The number of anilines is 1. The molecule has 7 heteroatoms. The maximum atomic E-state index is 13.6. The molecule has 1 aromatic heterocycles. The zero-order valence-corrected chi connectivity index (χ0v) is 15.5. The Hall–Kier alpha value is -2.67. The summed E-state index contributed by atoms with van der Waals surface area (Å²) in [4.78, 5) is 26.3. The molecule has 1 aliphatic rings. The number of carbonyl (C=O) groups is 2. The highest BCUT2D eigenvalue weighted by Crippen LogP contribution is 2.15. The Morgan fingerprint density at radius 2 is 1.93 bits per heavy atom. The van der Waals surface area contributed by atoms with Crippen molar-refractivity contribution in [2.75, 3.05) is 25.0 Å². The summed E-state index contributed by atoms with van der Waals surface area (Å²) in [5, 5.41) is 5.69. The molecule has 0 atom stereocenters. The van der Waals surface area contributed by atoms with Gasteiger partial charge in [0, 0.05) is 24.8 Å². The van der Waals surface area contributed by atoms with E-state index in [1.165, 1.54) is 6.07 Å². The number of furan rings is 1. The van der Waals surface area contributed by atoms with Crippen LogP contribution < -0.4 is 10.6 Å². The van der Waals surface area contributed by atoms with E-state index in [1.807, 2.05) is 4.90 Å². The fourth-order valence-corrected chi connectivity index (χ4v) is 3.12. The SMILES string of the molecule is Cc1ccc(C(=O)NC2CCN(CC(=O)Nc3ccc(C)c(F)c3)CC2)o1. The molecule has 0 unspecified atom stereocenters. The average Bonchev–Trinajstić information content (AvgIpc) is 3.06. The summed E-state index contributed by atoms with van der Waals surface area (Å²) in [7, 11) is 0. The molecular formula is C20H24FN3O3. The van der Waals surface area contributed by atoms with Gasteiger partial charge in [0.15, 0.2) is 5.76 Å². The molecule has 0 bridgehead atoms. The lowest BCUT2D eigenvalue weighted by molar-refractivity contribution is -0.117. The van der Waals surface area contributed by atoms with Crippen molar-refractivity contribution in [3.8, 4) is 0 Å². The first-order valence-corrected chi connectivity index (χ1v) is 9.06. The van der Waals surface area contributed by atoms with Crippen LogP contribution in [0.5, 0.6) is 0 Å². The second-order valence-electron chi connectivity index (χ2n) is 6.95. The van der Waals surface area contributed by atoms with Gasteiger partial charge in [0.25, 0.3) is 5.91 Å². The fourth-order valence-electron chi connectivity index (χ4n) is 3.12. The third-order valence-electron chi connectivity index (χ3n) is 4.71. The van der Waals surface area contributed by atoms with Gasteiger partial charge in [-0.05, 0) is 56.5 Å². The number of nitrogens with one attached hydrogen (secondary N) is 2. The fraction of sp³-hybridized carbons (Fsp3) is 0.400. The summed E-state index contributed by atoms with van der Waals surface area (Å²) < 4.78 is 18.9. The van der Waals surface area contributed by atoms with Gasteiger partial charge in [-0.25, -0.2) is 4.39 Å². The summed E-state index contributed by atoms with van der Waals surface area (Å²) in [6, 6.07) is 8.14. The zero-order valence-electron chi connectivity index (χ0n) is 15.5. The predicted octanol–water partition coefficient (Wildman–Crippen LogP) is 2.87. The van der Waals surface area contributed by atoms with Gasteiger partial charge in [-0.1, -0.05) is 6.07 Å². The first kappa shape index (κ1) is 19.1. The topological polar surface area (TPSA) is 74.6 Å². The normalized spacial score (nSPS) is 15.5. The first-order valence-electron chi connectivity index (χ1n) is 9.06. The highest BCUT2D eigenvalue weighted by Gasteiger charge is 2.23. The Labute approximate surface area is 157 Å². The van der Waals surface area contributed by atoms with Gasteiger partial charge in [0.1, 0.15) is 11.6 Å². The number of carbonyl (C=O) groups excluding carboxylic acids is 2. The quantitative estimate of drug-likeness (QED) is 0.845. The highest BCUT2D eigenvalue weighted by molar-refractivity contribution is 5.92. The Balaban J connectivity index is 1.43. The lowest BCUT2D eigenvalue weighted by atomic mass is 10.0. The second-order valence-corrected chi connectivity index (χ2v) is 6.95. The largest absolute Gasteiger partial charge is 0.456 e. The maximum Gasteiger partial charge on any atom is 0.287 e. The molecule has 1 aliphatic heterocycles. The molecule has 3 rings (SSSR count). The Morgan fingerprint density at radius 1 is 1.19 bits per heavy atom. The van der Waals surface area contributed by atoms with E-state index in [0.29, 0.717) is 35.9 Å². The zero-order chi connectivity index (χ0) is 19.4. The molecule has 2 amide bonds. The number of amides is 2. The summed E-state index contributed by atoms with van der Waals surface area (Å²) in [5.74, 6) is 0.303. The lowest BCUT2D eigenvalue weighted by Gasteiger charge is -2.31. The van der Waals surface area contributed by atoms with Gasteiger partial charge in [-0.3, -0.25) is 14.5 Å². The molecule has 144 valence electrons. The minimum Gasteiger partial charge on any atom is -0.456 e. The number of hydrogen-bond donors (Lipinski definition) is 2. The Morgan fingerprint density at radius 3 is 2.56 bits per heavy atom. The van der Waals surface area contributed by atoms with Crippen molar-refractivity contribution in [1.82, 2.24) is 10.2 Å². The Kier molecular flexibility index (Phi) is 5.91. The summed E-state index contributed by atoms with van der Waals surface area (Å²) >= 11 is 0. The van der Waals surface area contributed by atoms with Gasteiger partial charge < -0.3 is 15.1 Å². The number of rotatable bonds is 5. The van der Waals surface area contributed by atoms with E-state index in [2.05, 4.69) is 10.6 Å². The number of halogens is 1. The van der Waals surface area contributed by atoms with Crippen LogP contribution in [0.1, 0.15) is 34.7 Å². The van der Waals surface area contributed by atoms with Crippen LogP contribution in [0.4, 0.5) is 10.1 Å². The minimum absolute atomic E-state index is 0.0633. The number of hydrogen-bond acceptors (Lipinski definition) is 4. The summed E-state index contributed by atoms with van der Waals surface area (Å²) in [5.41, 5.74) is 1.00.